The number of aliphatic hydroxyl groups is 3. The fraction of sp³-hybridized carbons (Fsp3) is 0.389. The van der Waals surface area contributed by atoms with Crippen LogP contribution in [0.2, 0.25) is 0 Å². The molecule has 0 aliphatic rings. The van der Waals surface area contributed by atoms with Gasteiger partial charge in [0.1, 0.15) is 6.10 Å². The molecule has 0 amide bonds. The average molecular weight is 319 g/mol. The van der Waals surface area contributed by atoms with Crippen molar-refractivity contribution in [3.8, 4) is 0 Å². The van der Waals surface area contributed by atoms with Crippen LogP contribution < -0.4 is 0 Å². The van der Waals surface area contributed by atoms with E-state index in [0.29, 0.717) is 24.1 Å². The van der Waals surface area contributed by atoms with E-state index in [-0.39, 0.29) is 11.5 Å². The highest BCUT2D eigenvalue weighted by molar-refractivity contribution is 6.03. The maximum Gasteiger partial charge on any atom is 0.202 e. The Bertz CT molecular complexity index is 591. The van der Waals surface area contributed by atoms with Gasteiger partial charge >= 0.3 is 0 Å². The molecule has 0 aromatic carbocycles. The molecule has 2 unspecified atom stereocenters. The van der Waals surface area contributed by atoms with Crippen LogP contribution >= 0.6 is 0 Å². The molecule has 126 valence electrons. The van der Waals surface area contributed by atoms with E-state index in [4.69, 9.17) is 5.11 Å². The Morgan fingerprint density at radius 1 is 1.43 bits per heavy atom. The SMILES string of the molecule is CC(O)=CCCC(C)(O)C(O)C=CC(C)=CC(=O)c1ccc[nH]1. The van der Waals surface area contributed by atoms with Crippen LogP contribution in [0.15, 0.2) is 54.0 Å². The lowest BCUT2D eigenvalue weighted by Crippen LogP contribution is -2.37. The molecule has 1 heterocycles. The molecule has 0 saturated heterocycles. The molecule has 1 rings (SSSR count). The number of ketones is 1. The summed E-state index contributed by atoms with van der Waals surface area (Å²) in [6, 6.07) is 3.43. The average Bonchev–Trinajstić information content (AvgIpc) is 2.98. The van der Waals surface area contributed by atoms with E-state index in [1.54, 1.807) is 44.3 Å². The molecule has 5 heteroatoms. The molecule has 0 radical (unpaired) electrons. The Labute approximate surface area is 136 Å². The predicted molar refractivity (Wildman–Crippen MR) is 90.3 cm³/mol. The quantitative estimate of drug-likeness (QED) is 0.256. The number of carbonyl (C=O) groups excluding carboxylic acids is 1. The molecule has 4 N–H and O–H groups in total. The minimum absolute atomic E-state index is 0.151. The van der Waals surface area contributed by atoms with E-state index in [0.717, 1.165) is 0 Å². The van der Waals surface area contributed by atoms with Gasteiger partial charge in [0.2, 0.25) is 5.78 Å². The third-order valence-electron chi connectivity index (χ3n) is 3.49. The van der Waals surface area contributed by atoms with Gasteiger partial charge in [0.15, 0.2) is 0 Å². The molecule has 0 fully saturated rings. The smallest absolute Gasteiger partial charge is 0.202 e. The zero-order chi connectivity index (χ0) is 17.5. The van der Waals surface area contributed by atoms with Crippen LogP contribution in [0, 0.1) is 0 Å². The summed E-state index contributed by atoms with van der Waals surface area (Å²) in [5.74, 6) is 0.0365. The second-order valence-electron chi connectivity index (χ2n) is 5.88. The first-order valence-corrected chi connectivity index (χ1v) is 7.53. The number of aromatic nitrogens is 1. The minimum Gasteiger partial charge on any atom is -0.513 e. The van der Waals surface area contributed by atoms with Crippen molar-refractivity contribution in [3.05, 3.63) is 59.7 Å². The first kappa shape index (κ1) is 18.9. The summed E-state index contributed by atoms with van der Waals surface area (Å²) in [6.45, 7) is 4.84. The normalized spacial score (nSPS) is 17.3. The van der Waals surface area contributed by atoms with Crippen LogP contribution in [0.3, 0.4) is 0 Å². The maximum atomic E-state index is 11.9. The highest BCUT2D eigenvalue weighted by Crippen LogP contribution is 2.19. The number of H-pyrrole nitrogens is 1. The molecule has 1 aromatic rings. The molecular weight excluding hydrogens is 294 g/mol. The van der Waals surface area contributed by atoms with E-state index in [1.165, 1.54) is 19.1 Å². The summed E-state index contributed by atoms with van der Waals surface area (Å²) in [5.41, 5.74) is -0.145. The molecule has 0 aliphatic carbocycles. The third kappa shape index (κ3) is 6.67. The van der Waals surface area contributed by atoms with Crippen molar-refractivity contribution in [2.75, 3.05) is 0 Å². The number of carbonyl (C=O) groups is 1. The van der Waals surface area contributed by atoms with Gasteiger partial charge in [0.25, 0.3) is 0 Å². The van der Waals surface area contributed by atoms with Crippen molar-refractivity contribution in [2.24, 2.45) is 0 Å². The fourth-order valence-corrected chi connectivity index (χ4v) is 1.99. The van der Waals surface area contributed by atoms with Crippen LogP contribution in [-0.4, -0.2) is 37.8 Å². The van der Waals surface area contributed by atoms with Gasteiger partial charge in [-0.15, -0.1) is 0 Å². The zero-order valence-corrected chi connectivity index (χ0v) is 13.8. The van der Waals surface area contributed by atoms with Crippen LogP contribution in [0.25, 0.3) is 0 Å². The molecule has 0 bridgehead atoms. The van der Waals surface area contributed by atoms with Gasteiger partial charge in [-0.2, -0.15) is 0 Å². The van der Waals surface area contributed by atoms with Crippen molar-refractivity contribution in [2.45, 2.75) is 45.3 Å². The summed E-state index contributed by atoms with van der Waals surface area (Å²) in [5, 5.41) is 29.4. The predicted octanol–water partition coefficient (Wildman–Crippen LogP) is 3.05. The number of aliphatic hydroxyl groups excluding tert-OH is 2. The second-order valence-corrected chi connectivity index (χ2v) is 5.88. The molecule has 0 spiro atoms. The van der Waals surface area contributed by atoms with Gasteiger partial charge in [-0.05, 0) is 63.5 Å². The summed E-state index contributed by atoms with van der Waals surface area (Å²) < 4.78 is 0. The second kappa shape index (κ2) is 8.50. The van der Waals surface area contributed by atoms with Gasteiger partial charge in [0, 0.05) is 6.20 Å². The number of aromatic amines is 1. The maximum absolute atomic E-state index is 11.9. The van der Waals surface area contributed by atoms with Gasteiger partial charge < -0.3 is 20.3 Å². The summed E-state index contributed by atoms with van der Waals surface area (Å²) >= 11 is 0. The Morgan fingerprint density at radius 2 is 2.13 bits per heavy atom. The largest absolute Gasteiger partial charge is 0.513 e. The highest BCUT2D eigenvalue weighted by Gasteiger charge is 2.27. The summed E-state index contributed by atoms with van der Waals surface area (Å²) in [7, 11) is 0. The van der Waals surface area contributed by atoms with Crippen molar-refractivity contribution in [1.29, 1.82) is 0 Å². The number of hydrogen-bond acceptors (Lipinski definition) is 4. The van der Waals surface area contributed by atoms with Crippen LogP contribution in [0.1, 0.15) is 44.1 Å². The topological polar surface area (TPSA) is 93.5 Å². The number of nitrogens with one attached hydrogen (secondary N) is 1. The molecule has 23 heavy (non-hydrogen) atoms. The Balaban J connectivity index is 2.63. The fourth-order valence-electron chi connectivity index (χ4n) is 1.99. The Kier molecular flexibility index (Phi) is 7.00. The van der Waals surface area contributed by atoms with E-state index < -0.39 is 11.7 Å². The lowest BCUT2D eigenvalue weighted by atomic mass is 9.92. The van der Waals surface area contributed by atoms with E-state index in [2.05, 4.69) is 4.98 Å². The van der Waals surface area contributed by atoms with Crippen LogP contribution in [-0.2, 0) is 0 Å². The van der Waals surface area contributed by atoms with Crippen molar-refractivity contribution < 1.29 is 20.1 Å². The standard InChI is InChI=1S/C18H25NO4/c1-13(12-16(21)15-7-5-11-19-15)8-9-17(22)18(3,23)10-4-6-14(2)20/h5-9,11-12,17,19-20,22-23H,4,10H2,1-3H3. The molecule has 0 saturated carbocycles. The van der Waals surface area contributed by atoms with E-state index in [9.17, 15) is 15.0 Å². The van der Waals surface area contributed by atoms with Crippen molar-refractivity contribution in [1.82, 2.24) is 4.98 Å². The molecule has 1 aromatic heterocycles. The lowest BCUT2D eigenvalue weighted by Gasteiger charge is -2.26. The molecular formula is C18H25NO4. The number of hydrogen-bond donors (Lipinski definition) is 4. The van der Waals surface area contributed by atoms with E-state index in [1.807, 2.05) is 0 Å². The Morgan fingerprint density at radius 3 is 2.70 bits per heavy atom. The summed E-state index contributed by atoms with van der Waals surface area (Å²) in [4.78, 5) is 14.7. The molecule has 0 aliphatic heterocycles. The number of allylic oxidation sites excluding steroid dienone is 5. The van der Waals surface area contributed by atoms with Crippen LogP contribution in [0.5, 0.6) is 0 Å². The lowest BCUT2D eigenvalue weighted by molar-refractivity contribution is -0.0427. The third-order valence-corrected chi connectivity index (χ3v) is 3.49. The van der Waals surface area contributed by atoms with E-state index >= 15 is 0 Å². The van der Waals surface area contributed by atoms with Gasteiger partial charge in [-0.1, -0.05) is 12.2 Å². The minimum atomic E-state index is -1.31. The van der Waals surface area contributed by atoms with Gasteiger partial charge in [-0.3, -0.25) is 4.79 Å². The molecule has 5 nitrogen and oxygen atoms in total. The Hall–Kier alpha value is -2.11. The first-order chi connectivity index (χ1) is 10.7. The number of rotatable bonds is 8. The van der Waals surface area contributed by atoms with Crippen molar-refractivity contribution >= 4 is 5.78 Å². The zero-order valence-electron chi connectivity index (χ0n) is 13.8. The summed E-state index contributed by atoms with van der Waals surface area (Å²) in [6.07, 6.45) is 7.48. The molecule has 2 atom stereocenters. The first-order valence-electron chi connectivity index (χ1n) is 7.53. The van der Waals surface area contributed by atoms with Gasteiger partial charge in [-0.25, -0.2) is 0 Å². The van der Waals surface area contributed by atoms with Crippen molar-refractivity contribution in [3.63, 3.8) is 0 Å². The monoisotopic (exact) mass is 319 g/mol. The van der Waals surface area contributed by atoms with Gasteiger partial charge in [0.05, 0.1) is 17.1 Å². The van der Waals surface area contributed by atoms with Crippen LogP contribution in [0.4, 0.5) is 0 Å². The highest BCUT2D eigenvalue weighted by atomic mass is 16.3.